The second kappa shape index (κ2) is 7.88. The normalized spacial score (nSPS) is 13.0. The van der Waals surface area contributed by atoms with E-state index in [1.165, 1.54) is 0 Å². The van der Waals surface area contributed by atoms with Gasteiger partial charge in [-0.15, -0.1) is 0 Å². The van der Waals surface area contributed by atoms with Crippen LogP contribution in [0.1, 0.15) is 12.0 Å². The Morgan fingerprint density at radius 1 is 1.43 bits per heavy atom. The van der Waals surface area contributed by atoms with E-state index in [4.69, 9.17) is 0 Å². The first-order valence-electron chi connectivity index (χ1n) is 6.48. The second-order valence-corrected chi connectivity index (χ2v) is 7.45. The number of carbonyl (C=O) groups is 1. The predicted octanol–water partition coefficient (Wildman–Crippen LogP) is 0.146. The van der Waals surface area contributed by atoms with Crippen molar-refractivity contribution in [2.45, 2.75) is 13.3 Å². The van der Waals surface area contributed by atoms with Crippen molar-refractivity contribution in [2.75, 3.05) is 31.2 Å². The standard InChI is InChI=1S/C13H19BrN2O4S/c1-10-8-11(14)4-5-12(10)15-13(17)9-16(2)6-3-7-21(18,19)20/h4-5,8H,3,6-7,9H2,1-2H3,(H,15,17)(H,18,19,20). The van der Waals surface area contributed by atoms with Crippen LogP contribution in [0, 0.1) is 6.92 Å². The molecule has 0 spiro atoms. The van der Waals surface area contributed by atoms with Gasteiger partial charge in [0.2, 0.25) is 0 Å². The molecular formula is C13H19BrN2O4S. The lowest BCUT2D eigenvalue weighted by atomic mass is 10.2. The van der Waals surface area contributed by atoms with Gasteiger partial charge in [-0.1, -0.05) is 15.9 Å². The van der Waals surface area contributed by atoms with Gasteiger partial charge in [0, 0.05) is 22.3 Å². The molecule has 1 amide bonds. The number of rotatable bonds is 7. The van der Waals surface area contributed by atoms with E-state index in [0.29, 0.717) is 6.54 Å². The summed E-state index contributed by atoms with van der Waals surface area (Å²) >= 11 is 3.36. The molecule has 118 valence electrons. The zero-order valence-corrected chi connectivity index (χ0v) is 14.4. The number of hydrogen-bond acceptors (Lipinski definition) is 4. The van der Waals surface area contributed by atoms with E-state index in [2.05, 4.69) is 21.2 Å². The number of amides is 1. The number of hydrogen-bond donors (Lipinski definition) is 2. The largest absolute Gasteiger partial charge is 0.748 e. The maximum atomic E-state index is 11.9. The molecule has 0 aliphatic carbocycles. The van der Waals surface area contributed by atoms with Crippen LogP contribution in [0.25, 0.3) is 0 Å². The number of carbonyl (C=O) groups excluding carboxylic acids is 1. The van der Waals surface area contributed by atoms with Crippen LogP contribution in [-0.2, 0) is 14.9 Å². The topological polar surface area (TPSA) is 90.7 Å². The molecule has 1 unspecified atom stereocenters. The molecule has 2 N–H and O–H groups in total. The molecule has 21 heavy (non-hydrogen) atoms. The van der Waals surface area contributed by atoms with Crippen LogP contribution in [0.2, 0.25) is 0 Å². The van der Waals surface area contributed by atoms with Gasteiger partial charge in [0.05, 0.1) is 23.7 Å². The quantitative estimate of drug-likeness (QED) is 0.660. The van der Waals surface area contributed by atoms with Crippen LogP contribution >= 0.6 is 15.9 Å². The summed E-state index contributed by atoms with van der Waals surface area (Å²) < 4.78 is 32.4. The SMILES string of the molecule is Cc1cc(Br)ccc1NC(=O)C[NH+](C)CCCS(=O)(=O)[O-]. The minimum Gasteiger partial charge on any atom is -0.748 e. The van der Waals surface area contributed by atoms with Crippen molar-refractivity contribution in [1.29, 1.82) is 0 Å². The molecule has 1 rings (SSSR count). The fraction of sp³-hybridized carbons (Fsp3) is 0.462. The molecule has 0 bridgehead atoms. The lowest BCUT2D eigenvalue weighted by Crippen LogP contribution is -3.10. The summed E-state index contributed by atoms with van der Waals surface area (Å²) in [5, 5.41) is 2.81. The minimum absolute atomic E-state index is 0.150. The molecule has 0 saturated heterocycles. The number of quaternary nitrogens is 1. The third kappa shape index (κ3) is 7.56. The Kier molecular flexibility index (Phi) is 6.79. The first kappa shape index (κ1) is 18.1. The Hall–Kier alpha value is -0.960. The van der Waals surface area contributed by atoms with E-state index in [1.54, 1.807) is 7.05 Å². The van der Waals surface area contributed by atoms with Crippen LogP contribution in [0.3, 0.4) is 0 Å². The molecule has 0 aliphatic heterocycles. The molecule has 0 fully saturated rings. The fourth-order valence-electron chi connectivity index (χ4n) is 1.87. The van der Waals surface area contributed by atoms with Crippen LogP contribution in [0.15, 0.2) is 22.7 Å². The summed E-state index contributed by atoms with van der Waals surface area (Å²) in [4.78, 5) is 12.7. The van der Waals surface area contributed by atoms with E-state index in [9.17, 15) is 17.8 Å². The van der Waals surface area contributed by atoms with Crippen LogP contribution in [0.5, 0.6) is 0 Å². The van der Waals surface area contributed by atoms with Gasteiger partial charge < -0.3 is 14.8 Å². The highest BCUT2D eigenvalue weighted by molar-refractivity contribution is 9.10. The van der Waals surface area contributed by atoms with Gasteiger partial charge in [0.15, 0.2) is 6.54 Å². The zero-order chi connectivity index (χ0) is 16.0. The van der Waals surface area contributed by atoms with Crippen molar-refractivity contribution in [1.82, 2.24) is 0 Å². The van der Waals surface area contributed by atoms with Gasteiger partial charge in [-0.3, -0.25) is 4.79 Å². The van der Waals surface area contributed by atoms with Crippen molar-refractivity contribution < 1.29 is 22.7 Å². The van der Waals surface area contributed by atoms with Gasteiger partial charge in [0.25, 0.3) is 5.91 Å². The number of aryl methyl sites for hydroxylation is 1. The average molecular weight is 379 g/mol. The Labute approximate surface area is 133 Å². The number of anilines is 1. The van der Waals surface area contributed by atoms with E-state index in [0.717, 1.165) is 20.6 Å². The van der Waals surface area contributed by atoms with Gasteiger partial charge in [-0.2, -0.15) is 0 Å². The third-order valence-electron chi connectivity index (χ3n) is 2.92. The maximum absolute atomic E-state index is 11.9. The predicted molar refractivity (Wildman–Crippen MR) is 83.3 cm³/mol. The molecule has 1 aromatic rings. The summed E-state index contributed by atoms with van der Waals surface area (Å²) in [7, 11) is -2.39. The van der Waals surface area contributed by atoms with Crippen LogP contribution in [0.4, 0.5) is 5.69 Å². The van der Waals surface area contributed by atoms with Gasteiger partial charge >= 0.3 is 0 Å². The molecule has 8 heteroatoms. The molecule has 0 radical (unpaired) electrons. The fourth-order valence-corrected chi connectivity index (χ4v) is 2.85. The van der Waals surface area contributed by atoms with Crippen molar-refractivity contribution in [2.24, 2.45) is 0 Å². The highest BCUT2D eigenvalue weighted by Gasteiger charge is 2.11. The van der Waals surface area contributed by atoms with Crippen LogP contribution in [-0.4, -0.2) is 44.8 Å². The highest BCUT2D eigenvalue weighted by atomic mass is 79.9. The Morgan fingerprint density at radius 3 is 2.67 bits per heavy atom. The Morgan fingerprint density at radius 2 is 2.10 bits per heavy atom. The summed E-state index contributed by atoms with van der Waals surface area (Å²) in [6.07, 6.45) is 0.252. The lowest BCUT2D eigenvalue weighted by molar-refractivity contribution is -0.870. The van der Waals surface area contributed by atoms with E-state index >= 15 is 0 Å². The van der Waals surface area contributed by atoms with Crippen molar-refractivity contribution in [3.8, 4) is 0 Å². The van der Waals surface area contributed by atoms with Crippen LogP contribution < -0.4 is 10.2 Å². The summed E-state index contributed by atoms with van der Waals surface area (Å²) in [6.45, 7) is 2.57. The minimum atomic E-state index is -4.17. The molecule has 0 aromatic heterocycles. The van der Waals surface area contributed by atoms with Gasteiger partial charge in [-0.25, -0.2) is 8.42 Å². The van der Waals surface area contributed by atoms with E-state index in [-0.39, 0.29) is 18.9 Å². The Balaban J connectivity index is 2.42. The summed E-state index contributed by atoms with van der Waals surface area (Å²) in [5.74, 6) is -0.541. The third-order valence-corrected chi connectivity index (χ3v) is 4.20. The number of benzene rings is 1. The first-order valence-corrected chi connectivity index (χ1v) is 8.85. The molecular weight excluding hydrogens is 360 g/mol. The van der Waals surface area contributed by atoms with E-state index < -0.39 is 15.9 Å². The summed E-state index contributed by atoms with van der Waals surface area (Å²) in [6, 6.07) is 5.57. The molecule has 6 nitrogen and oxygen atoms in total. The first-order chi connectivity index (χ1) is 9.67. The van der Waals surface area contributed by atoms with Crippen molar-refractivity contribution >= 4 is 37.6 Å². The average Bonchev–Trinajstić information content (AvgIpc) is 2.31. The maximum Gasteiger partial charge on any atom is 0.279 e. The number of nitrogens with one attached hydrogen (secondary N) is 2. The lowest BCUT2D eigenvalue weighted by Gasteiger charge is -2.15. The smallest absolute Gasteiger partial charge is 0.279 e. The van der Waals surface area contributed by atoms with Crippen molar-refractivity contribution in [3.05, 3.63) is 28.2 Å². The molecule has 1 aromatic carbocycles. The van der Waals surface area contributed by atoms with Gasteiger partial charge in [0.1, 0.15) is 0 Å². The van der Waals surface area contributed by atoms with Crippen molar-refractivity contribution in [3.63, 3.8) is 0 Å². The number of likely N-dealkylation sites (N-methyl/N-ethyl adjacent to an activating group) is 1. The monoisotopic (exact) mass is 378 g/mol. The second-order valence-electron chi connectivity index (χ2n) is 5.01. The zero-order valence-electron chi connectivity index (χ0n) is 12.0. The molecule has 1 atom stereocenters. The number of halogens is 1. The molecule has 0 aliphatic rings. The Bertz CT molecular complexity index is 604. The highest BCUT2D eigenvalue weighted by Crippen LogP contribution is 2.19. The molecule has 0 saturated carbocycles. The molecule has 0 heterocycles. The van der Waals surface area contributed by atoms with Gasteiger partial charge in [-0.05, 0) is 30.7 Å². The van der Waals surface area contributed by atoms with E-state index in [1.807, 2.05) is 25.1 Å². The summed E-state index contributed by atoms with van der Waals surface area (Å²) in [5.41, 5.74) is 1.70.